The van der Waals surface area contributed by atoms with E-state index >= 15 is 0 Å². The minimum Gasteiger partial charge on any atom is -0.310 e. The summed E-state index contributed by atoms with van der Waals surface area (Å²) in [6.07, 6.45) is -1.91. The van der Waals surface area contributed by atoms with Gasteiger partial charge in [0, 0.05) is 18.7 Å². The molecule has 1 saturated heterocycles. The average molecular weight is 268 g/mol. The average Bonchev–Trinajstić information content (AvgIpc) is 2.57. The molecule has 17 heavy (non-hydrogen) atoms. The highest BCUT2D eigenvalue weighted by Crippen LogP contribution is 2.39. The molecule has 1 aliphatic rings. The van der Waals surface area contributed by atoms with Crippen molar-refractivity contribution >= 4 is 11.6 Å². The number of hydrogen-bond acceptors (Lipinski definition) is 2. The van der Waals surface area contributed by atoms with Gasteiger partial charge in [-0.25, -0.2) is 0 Å². The fourth-order valence-electron chi connectivity index (χ4n) is 2.14. The number of nitrogens with zero attached hydrogens (tertiary/aromatic N) is 2. The van der Waals surface area contributed by atoms with Gasteiger partial charge in [-0.3, -0.25) is 4.68 Å². The van der Waals surface area contributed by atoms with Gasteiger partial charge in [-0.05, 0) is 19.4 Å². The molecule has 1 unspecified atom stereocenters. The van der Waals surface area contributed by atoms with Gasteiger partial charge in [0.15, 0.2) is 5.69 Å². The van der Waals surface area contributed by atoms with Crippen LogP contribution in [-0.2, 0) is 13.2 Å². The van der Waals surface area contributed by atoms with Gasteiger partial charge in [0.1, 0.15) is 5.15 Å². The Morgan fingerprint density at radius 1 is 1.41 bits per heavy atom. The Morgan fingerprint density at radius 3 is 2.65 bits per heavy atom. The topological polar surface area (TPSA) is 29.9 Å². The predicted octanol–water partition coefficient (Wildman–Crippen LogP) is 2.91. The van der Waals surface area contributed by atoms with Gasteiger partial charge in [-0.15, -0.1) is 0 Å². The van der Waals surface area contributed by atoms with Crippen molar-refractivity contribution in [2.75, 3.05) is 6.54 Å². The van der Waals surface area contributed by atoms with Crippen LogP contribution in [0.1, 0.15) is 36.6 Å². The lowest BCUT2D eigenvalue weighted by Gasteiger charge is -2.24. The van der Waals surface area contributed by atoms with Crippen LogP contribution in [0.2, 0.25) is 5.15 Å². The van der Waals surface area contributed by atoms with Crippen LogP contribution in [0.4, 0.5) is 13.2 Å². The Morgan fingerprint density at radius 2 is 2.12 bits per heavy atom. The van der Waals surface area contributed by atoms with Gasteiger partial charge in [-0.2, -0.15) is 18.3 Å². The molecule has 2 heterocycles. The van der Waals surface area contributed by atoms with E-state index in [0.29, 0.717) is 13.0 Å². The molecule has 1 atom stereocenters. The lowest BCUT2D eigenvalue weighted by molar-refractivity contribution is -0.142. The molecule has 2 rings (SSSR count). The molecule has 1 aromatic heterocycles. The van der Waals surface area contributed by atoms with E-state index in [4.69, 9.17) is 11.6 Å². The van der Waals surface area contributed by atoms with E-state index < -0.39 is 11.9 Å². The van der Waals surface area contributed by atoms with Crippen LogP contribution in [0.5, 0.6) is 0 Å². The summed E-state index contributed by atoms with van der Waals surface area (Å²) in [6, 6.07) is -0.346. The Kier molecular flexibility index (Phi) is 3.36. The van der Waals surface area contributed by atoms with E-state index in [1.807, 2.05) is 0 Å². The number of rotatable bonds is 1. The maximum absolute atomic E-state index is 12.8. The van der Waals surface area contributed by atoms with Crippen LogP contribution in [0.3, 0.4) is 0 Å². The van der Waals surface area contributed by atoms with Crippen LogP contribution in [0, 0.1) is 0 Å². The zero-order chi connectivity index (χ0) is 12.6. The maximum Gasteiger partial charge on any atom is 0.435 e. The van der Waals surface area contributed by atoms with Crippen molar-refractivity contribution in [1.82, 2.24) is 15.1 Å². The molecule has 96 valence electrons. The summed E-state index contributed by atoms with van der Waals surface area (Å²) in [5, 5.41) is 6.61. The Bertz CT molecular complexity index is 408. The van der Waals surface area contributed by atoms with E-state index in [1.165, 1.54) is 7.05 Å². The Labute approximate surface area is 102 Å². The number of aromatic nitrogens is 2. The minimum absolute atomic E-state index is 0.0664. The molecule has 1 aromatic rings. The highest BCUT2D eigenvalue weighted by Gasteiger charge is 2.40. The summed E-state index contributed by atoms with van der Waals surface area (Å²) in [5.41, 5.74) is -0.786. The third kappa shape index (κ3) is 2.42. The summed E-state index contributed by atoms with van der Waals surface area (Å²) in [5.74, 6) is 0. The number of alkyl halides is 3. The highest BCUT2D eigenvalue weighted by atomic mass is 35.5. The molecule has 0 amide bonds. The second-order valence-electron chi connectivity index (χ2n) is 4.18. The van der Waals surface area contributed by atoms with Gasteiger partial charge in [-0.1, -0.05) is 18.0 Å². The Hall–Kier alpha value is -0.750. The summed E-state index contributed by atoms with van der Waals surface area (Å²) in [7, 11) is 1.42. The Balaban J connectivity index is 2.43. The molecule has 1 aliphatic heterocycles. The first-order chi connectivity index (χ1) is 7.91. The van der Waals surface area contributed by atoms with Gasteiger partial charge in [0.2, 0.25) is 0 Å². The number of aryl methyl sites for hydroxylation is 1. The van der Waals surface area contributed by atoms with Crippen LogP contribution in [0.25, 0.3) is 0 Å². The number of hydrogen-bond donors (Lipinski definition) is 1. The third-order valence-electron chi connectivity index (χ3n) is 2.94. The number of piperidine rings is 1. The number of nitrogens with one attached hydrogen (secondary N) is 1. The van der Waals surface area contributed by atoms with Gasteiger partial charge < -0.3 is 5.32 Å². The van der Waals surface area contributed by atoms with E-state index in [2.05, 4.69) is 10.4 Å². The third-order valence-corrected chi connectivity index (χ3v) is 3.39. The SMILES string of the molecule is Cn1nc(C(F)(F)F)c(C2CCCCN2)c1Cl. The normalized spacial score (nSPS) is 21.8. The zero-order valence-corrected chi connectivity index (χ0v) is 10.1. The molecule has 1 N–H and O–H groups in total. The minimum atomic E-state index is -4.46. The smallest absolute Gasteiger partial charge is 0.310 e. The fourth-order valence-corrected chi connectivity index (χ4v) is 2.40. The van der Waals surface area contributed by atoms with E-state index in [1.54, 1.807) is 0 Å². The highest BCUT2D eigenvalue weighted by molar-refractivity contribution is 6.30. The molecule has 1 fully saturated rings. The van der Waals surface area contributed by atoms with Gasteiger partial charge in [0.05, 0.1) is 0 Å². The largest absolute Gasteiger partial charge is 0.435 e. The quantitative estimate of drug-likeness (QED) is 0.848. The predicted molar refractivity (Wildman–Crippen MR) is 57.8 cm³/mol. The van der Waals surface area contributed by atoms with Crippen LogP contribution >= 0.6 is 11.6 Å². The van der Waals surface area contributed by atoms with Crippen molar-refractivity contribution in [2.45, 2.75) is 31.5 Å². The first-order valence-corrected chi connectivity index (χ1v) is 5.82. The zero-order valence-electron chi connectivity index (χ0n) is 9.31. The molecule has 0 radical (unpaired) electrons. The summed E-state index contributed by atoms with van der Waals surface area (Å²) < 4.78 is 39.6. The monoisotopic (exact) mass is 267 g/mol. The first kappa shape index (κ1) is 12.7. The van der Waals surface area contributed by atoms with E-state index in [9.17, 15) is 13.2 Å². The second-order valence-corrected chi connectivity index (χ2v) is 4.53. The molecular weight excluding hydrogens is 255 g/mol. The van der Waals surface area contributed by atoms with Crippen molar-refractivity contribution in [2.24, 2.45) is 7.05 Å². The molecular formula is C10H13ClF3N3. The maximum atomic E-state index is 12.8. The molecule has 0 saturated carbocycles. The second kappa shape index (κ2) is 4.49. The summed E-state index contributed by atoms with van der Waals surface area (Å²) in [4.78, 5) is 0. The van der Waals surface area contributed by atoms with Crippen LogP contribution < -0.4 is 5.32 Å². The van der Waals surface area contributed by atoms with Crippen molar-refractivity contribution in [3.63, 3.8) is 0 Å². The molecule has 0 spiro atoms. The molecule has 0 aromatic carbocycles. The van der Waals surface area contributed by atoms with Gasteiger partial charge >= 0.3 is 6.18 Å². The lowest BCUT2D eigenvalue weighted by Crippen LogP contribution is -2.28. The van der Waals surface area contributed by atoms with E-state index in [-0.39, 0.29) is 16.8 Å². The molecule has 0 aliphatic carbocycles. The van der Waals surface area contributed by atoms with Crippen LogP contribution in [0.15, 0.2) is 0 Å². The standard InChI is InChI=1S/C10H13ClF3N3/c1-17-9(11)7(6-4-2-3-5-15-6)8(16-17)10(12,13)14/h6,15H,2-5H2,1H3. The van der Waals surface area contributed by atoms with Gasteiger partial charge in [0.25, 0.3) is 0 Å². The number of halogens is 4. The summed E-state index contributed by atoms with van der Waals surface area (Å²) in [6.45, 7) is 0.715. The molecule has 7 heteroatoms. The van der Waals surface area contributed by atoms with E-state index in [0.717, 1.165) is 17.5 Å². The van der Waals surface area contributed by atoms with Crippen molar-refractivity contribution in [3.8, 4) is 0 Å². The van der Waals surface area contributed by atoms with Crippen molar-refractivity contribution in [1.29, 1.82) is 0 Å². The lowest BCUT2D eigenvalue weighted by atomic mass is 9.98. The van der Waals surface area contributed by atoms with Crippen molar-refractivity contribution < 1.29 is 13.2 Å². The first-order valence-electron chi connectivity index (χ1n) is 5.44. The van der Waals surface area contributed by atoms with Crippen molar-refractivity contribution in [3.05, 3.63) is 16.4 Å². The molecule has 0 bridgehead atoms. The van der Waals surface area contributed by atoms with Crippen LogP contribution in [-0.4, -0.2) is 16.3 Å². The molecule has 3 nitrogen and oxygen atoms in total. The fraction of sp³-hybridized carbons (Fsp3) is 0.700. The summed E-state index contributed by atoms with van der Waals surface area (Å²) >= 11 is 5.91.